The number of nitrogens with zero attached hydrogens (tertiary/aromatic N) is 1. The van der Waals surface area contributed by atoms with Gasteiger partial charge in [0.05, 0.1) is 18.2 Å². The highest BCUT2D eigenvalue weighted by Crippen LogP contribution is 2.26. The monoisotopic (exact) mass is 437 g/mol. The van der Waals surface area contributed by atoms with E-state index in [9.17, 15) is 14.9 Å². The Morgan fingerprint density at radius 1 is 0.844 bits per heavy atom. The topological polar surface area (TPSA) is 85.6 Å². The number of carbonyl (C=O) groups excluding carboxylic acids is 2. The van der Waals surface area contributed by atoms with Gasteiger partial charge in [-0.25, -0.2) is 9.59 Å². The molecule has 2 aromatic rings. The number of hydrogen-bond acceptors (Lipinski definition) is 6. The van der Waals surface area contributed by atoms with E-state index in [2.05, 4.69) is 6.92 Å². The van der Waals surface area contributed by atoms with E-state index >= 15 is 0 Å². The highest BCUT2D eigenvalue weighted by Gasteiger charge is 2.34. The zero-order valence-electron chi connectivity index (χ0n) is 19.1. The van der Waals surface area contributed by atoms with Gasteiger partial charge in [-0.3, -0.25) is 0 Å². The van der Waals surface area contributed by atoms with Gasteiger partial charge in [0, 0.05) is 0 Å². The Balaban J connectivity index is 1.88. The van der Waals surface area contributed by atoms with Crippen LogP contribution < -0.4 is 14.2 Å². The maximum atomic E-state index is 12.4. The Morgan fingerprint density at radius 2 is 1.44 bits per heavy atom. The Hall–Kier alpha value is -3.33. The molecule has 0 aliphatic carbocycles. The maximum Gasteiger partial charge on any atom is 0.343 e. The molecule has 2 aromatic carbocycles. The zero-order chi connectivity index (χ0) is 23.4. The third-order valence-electron chi connectivity index (χ3n) is 5.05. The van der Waals surface area contributed by atoms with Crippen molar-refractivity contribution in [2.75, 3.05) is 6.61 Å². The number of rotatable bonds is 12. The maximum absolute atomic E-state index is 12.4. The highest BCUT2D eigenvalue weighted by molar-refractivity contribution is 5.91. The predicted octanol–water partition coefficient (Wildman–Crippen LogP) is 6.10. The molecule has 0 spiro atoms. The first-order valence-corrected chi connectivity index (χ1v) is 11.1. The molecule has 0 bridgehead atoms. The molecule has 0 fully saturated rings. The molecule has 0 amide bonds. The van der Waals surface area contributed by atoms with Crippen molar-refractivity contribution in [3.05, 3.63) is 54.1 Å². The third-order valence-corrected chi connectivity index (χ3v) is 5.05. The number of esters is 2. The van der Waals surface area contributed by atoms with E-state index in [1.807, 2.05) is 13.0 Å². The fourth-order valence-electron chi connectivity index (χ4n) is 3.07. The van der Waals surface area contributed by atoms with Crippen LogP contribution in [0.5, 0.6) is 17.2 Å². The van der Waals surface area contributed by atoms with E-state index in [1.54, 1.807) is 31.2 Å². The van der Waals surface area contributed by atoms with E-state index < -0.39 is 17.4 Å². The Kier molecular flexibility index (Phi) is 9.75. The van der Waals surface area contributed by atoms with Crippen LogP contribution in [0.3, 0.4) is 0 Å². The van der Waals surface area contributed by atoms with Crippen LogP contribution >= 0.6 is 0 Å². The number of ether oxygens (including phenoxy) is 3. The fourth-order valence-corrected chi connectivity index (χ4v) is 3.07. The molecule has 1 unspecified atom stereocenters. The summed E-state index contributed by atoms with van der Waals surface area (Å²) < 4.78 is 16.4. The summed E-state index contributed by atoms with van der Waals surface area (Å²) in [5, 5.41) is 9.29. The molecule has 0 N–H and O–H groups in total. The standard InChI is InChI=1S/C26H31NO5/c1-4-6-7-8-18-30-21-11-9-20(10-12-21)24(28)31-22-13-15-23(16-14-22)32-25(29)26(3,19-27)17-5-2/h9-16H,4-8,17-18H2,1-3H3. The van der Waals surface area contributed by atoms with Gasteiger partial charge in [0.1, 0.15) is 17.2 Å². The van der Waals surface area contributed by atoms with Crippen molar-refractivity contribution >= 4 is 11.9 Å². The second-order valence-electron chi connectivity index (χ2n) is 7.88. The summed E-state index contributed by atoms with van der Waals surface area (Å²) in [5.41, 5.74) is -0.783. The van der Waals surface area contributed by atoms with Gasteiger partial charge in [-0.05, 0) is 68.3 Å². The SMILES string of the molecule is CCCCCCOc1ccc(C(=O)Oc2ccc(OC(=O)C(C)(C#N)CCC)cc2)cc1. The molecule has 0 radical (unpaired) electrons. The largest absolute Gasteiger partial charge is 0.494 e. The lowest BCUT2D eigenvalue weighted by molar-refractivity contribution is -0.142. The second kappa shape index (κ2) is 12.5. The van der Waals surface area contributed by atoms with Crippen molar-refractivity contribution in [1.29, 1.82) is 5.26 Å². The van der Waals surface area contributed by atoms with Gasteiger partial charge in [0.25, 0.3) is 0 Å². The zero-order valence-corrected chi connectivity index (χ0v) is 19.1. The van der Waals surface area contributed by atoms with E-state index in [0.29, 0.717) is 30.8 Å². The molecule has 0 saturated carbocycles. The first-order chi connectivity index (χ1) is 15.4. The van der Waals surface area contributed by atoms with Gasteiger partial charge in [-0.1, -0.05) is 39.5 Å². The summed E-state index contributed by atoms with van der Waals surface area (Å²) in [6.07, 6.45) is 5.66. The molecule has 32 heavy (non-hydrogen) atoms. The van der Waals surface area contributed by atoms with Crippen molar-refractivity contribution in [3.8, 4) is 23.3 Å². The Labute approximate surface area is 190 Å². The van der Waals surface area contributed by atoms with Crippen molar-refractivity contribution in [2.45, 2.75) is 59.3 Å². The van der Waals surface area contributed by atoms with Crippen LogP contribution in [0.2, 0.25) is 0 Å². The number of unbranched alkanes of at least 4 members (excludes halogenated alkanes) is 3. The van der Waals surface area contributed by atoms with Crippen LogP contribution in [-0.2, 0) is 4.79 Å². The van der Waals surface area contributed by atoms with E-state index in [-0.39, 0.29) is 5.75 Å². The molecular formula is C26H31NO5. The number of benzene rings is 2. The molecule has 0 saturated heterocycles. The van der Waals surface area contributed by atoms with Crippen molar-refractivity contribution < 1.29 is 23.8 Å². The summed E-state index contributed by atoms with van der Waals surface area (Å²) in [7, 11) is 0. The van der Waals surface area contributed by atoms with Crippen LogP contribution in [-0.4, -0.2) is 18.5 Å². The Bertz CT molecular complexity index is 915. The molecule has 170 valence electrons. The Morgan fingerprint density at radius 3 is 2.00 bits per heavy atom. The minimum atomic E-state index is -1.19. The van der Waals surface area contributed by atoms with Crippen LogP contribution in [0.1, 0.15) is 69.7 Å². The van der Waals surface area contributed by atoms with Crippen LogP contribution in [0.4, 0.5) is 0 Å². The lowest BCUT2D eigenvalue weighted by Crippen LogP contribution is -2.30. The minimum absolute atomic E-state index is 0.285. The fraction of sp³-hybridized carbons (Fsp3) is 0.423. The molecule has 0 aliphatic heterocycles. The molecular weight excluding hydrogens is 406 g/mol. The van der Waals surface area contributed by atoms with Gasteiger partial charge in [0.2, 0.25) is 0 Å². The van der Waals surface area contributed by atoms with Crippen LogP contribution in [0, 0.1) is 16.7 Å². The van der Waals surface area contributed by atoms with E-state index in [0.717, 1.165) is 18.6 Å². The molecule has 0 aromatic heterocycles. The molecule has 6 heteroatoms. The number of carbonyl (C=O) groups is 2. The second-order valence-corrected chi connectivity index (χ2v) is 7.88. The van der Waals surface area contributed by atoms with Crippen LogP contribution in [0.15, 0.2) is 48.5 Å². The van der Waals surface area contributed by atoms with Gasteiger partial charge < -0.3 is 14.2 Å². The summed E-state index contributed by atoms with van der Waals surface area (Å²) in [6.45, 7) is 6.30. The van der Waals surface area contributed by atoms with Gasteiger partial charge in [0.15, 0.2) is 5.41 Å². The molecule has 1 atom stereocenters. The van der Waals surface area contributed by atoms with Crippen molar-refractivity contribution in [1.82, 2.24) is 0 Å². The number of nitriles is 1. The minimum Gasteiger partial charge on any atom is -0.494 e. The first kappa shape index (κ1) is 24.9. The highest BCUT2D eigenvalue weighted by atomic mass is 16.5. The van der Waals surface area contributed by atoms with Gasteiger partial charge in [-0.15, -0.1) is 0 Å². The third kappa shape index (κ3) is 7.42. The average molecular weight is 438 g/mol. The molecule has 6 nitrogen and oxygen atoms in total. The van der Waals surface area contributed by atoms with Crippen LogP contribution in [0.25, 0.3) is 0 Å². The molecule has 0 aliphatic rings. The predicted molar refractivity (Wildman–Crippen MR) is 122 cm³/mol. The van der Waals surface area contributed by atoms with Gasteiger partial charge in [-0.2, -0.15) is 5.26 Å². The summed E-state index contributed by atoms with van der Waals surface area (Å²) in [4.78, 5) is 24.7. The van der Waals surface area contributed by atoms with E-state index in [1.165, 1.54) is 37.1 Å². The average Bonchev–Trinajstić information content (AvgIpc) is 2.80. The smallest absolute Gasteiger partial charge is 0.343 e. The van der Waals surface area contributed by atoms with Crippen molar-refractivity contribution in [2.24, 2.45) is 5.41 Å². The normalized spacial score (nSPS) is 12.3. The summed E-state index contributed by atoms with van der Waals surface area (Å²) in [5.74, 6) is 0.232. The number of hydrogen-bond donors (Lipinski definition) is 0. The lowest BCUT2D eigenvalue weighted by atomic mass is 9.87. The van der Waals surface area contributed by atoms with Gasteiger partial charge >= 0.3 is 11.9 Å². The summed E-state index contributed by atoms with van der Waals surface area (Å²) in [6, 6.07) is 15.0. The first-order valence-electron chi connectivity index (χ1n) is 11.1. The molecule has 0 heterocycles. The van der Waals surface area contributed by atoms with Crippen molar-refractivity contribution in [3.63, 3.8) is 0 Å². The quantitative estimate of drug-likeness (QED) is 0.226. The molecule has 2 rings (SSSR count). The lowest BCUT2D eigenvalue weighted by Gasteiger charge is -2.18. The summed E-state index contributed by atoms with van der Waals surface area (Å²) >= 11 is 0. The van der Waals surface area contributed by atoms with E-state index in [4.69, 9.17) is 14.2 Å².